The molecule has 0 aliphatic rings. The van der Waals surface area contributed by atoms with Crippen LogP contribution in [-0.4, -0.2) is 13.0 Å². The third kappa shape index (κ3) is 3.44. The van der Waals surface area contributed by atoms with Crippen LogP contribution in [0.15, 0.2) is 76.7 Å². The summed E-state index contributed by atoms with van der Waals surface area (Å²) in [6.07, 6.45) is 3.70. The molecule has 4 rings (SSSR count). The van der Waals surface area contributed by atoms with Crippen LogP contribution in [0, 0.1) is 0 Å². The van der Waals surface area contributed by atoms with Crippen molar-refractivity contribution in [1.82, 2.24) is 0 Å². The predicted molar refractivity (Wildman–Crippen MR) is 115 cm³/mol. The third-order valence-corrected chi connectivity index (χ3v) is 5.34. The molecule has 0 atom stereocenters. The molecule has 0 spiro atoms. The largest absolute Gasteiger partial charge is 0.497 e. The van der Waals surface area contributed by atoms with E-state index in [1.165, 1.54) is 0 Å². The molecule has 0 fully saturated rings. The van der Waals surface area contributed by atoms with Gasteiger partial charge >= 0.3 is 0 Å². The molecule has 0 aliphatic heterocycles. The maximum atomic E-state index is 12.6. The minimum Gasteiger partial charge on any atom is -0.497 e. The van der Waals surface area contributed by atoms with Crippen LogP contribution < -0.4 is 9.64 Å². The van der Waals surface area contributed by atoms with Gasteiger partial charge < -0.3 is 9.15 Å². The number of hydrogen-bond acceptors (Lipinski definition) is 4. The Kier molecular flexibility index (Phi) is 5.00. The molecule has 0 unspecified atom stereocenters. The highest BCUT2D eigenvalue weighted by Crippen LogP contribution is 2.34. The molecular weight excluding hydrogens is 370 g/mol. The Hall–Kier alpha value is -3.31. The Balaban J connectivity index is 1.91. The second kappa shape index (κ2) is 7.74. The number of benzene rings is 2. The van der Waals surface area contributed by atoms with Gasteiger partial charge in [-0.2, -0.15) is 0 Å². The number of methoxy groups -OCH3 is 1. The summed E-state index contributed by atoms with van der Waals surface area (Å²) in [7, 11) is 1.64. The van der Waals surface area contributed by atoms with Crippen LogP contribution in [0.3, 0.4) is 0 Å². The number of fused-ring (bicyclic) bond motifs is 1. The zero-order valence-electron chi connectivity index (χ0n) is 15.6. The van der Waals surface area contributed by atoms with Crippen LogP contribution in [0.5, 0.6) is 5.75 Å². The van der Waals surface area contributed by atoms with Gasteiger partial charge in [0.05, 0.1) is 23.9 Å². The van der Waals surface area contributed by atoms with Gasteiger partial charge in [-0.15, -0.1) is 11.3 Å². The van der Waals surface area contributed by atoms with Crippen molar-refractivity contribution in [2.45, 2.75) is 6.92 Å². The lowest BCUT2D eigenvalue weighted by Gasteiger charge is -2.24. The minimum atomic E-state index is -0.0590. The first kappa shape index (κ1) is 18.1. The summed E-state index contributed by atoms with van der Waals surface area (Å²) < 4.78 is 11.1. The van der Waals surface area contributed by atoms with E-state index >= 15 is 0 Å². The molecular formula is C23H19NO3S. The molecule has 0 saturated carbocycles. The van der Waals surface area contributed by atoms with Gasteiger partial charge in [-0.1, -0.05) is 24.3 Å². The molecule has 4 aromatic rings. The van der Waals surface area contributed by atoms with Gasteiger partial charge in [0.25, 0.3) is 0 Å². The molecule has 2 aromatic heterocycles. The predicted octanol–water partition coefficient (Wildman–Crippen LogP) is 6.05. The molecule has 0 bridgehead atoms. The summed E-state index contributed by atoms with van der Waals surface area (Å²) in [5.41, 5.74) is 3.28. The quantitative estimate of drug-likeness (QED) is 0.417. The lowest BCUT2D eigenvalue weighted by atomic mass is 10.1. The number of furan rings is 1. The fourth-order valence-corrected chi connectivity index (χ4v) is 3.88. The van der Waals surface area contributed by atoms with Crippen molar-refractivity contribution < 1.29 is 13.9 Å². The summed E-state index contributed by atoms with van der Waals surface area (Å²) in [6, 6.07) is 19.3. The van der Waals surface area contributed by atoms with E-state index in [0.717, 1.165) is 38.5 Å². The van der Waals surface area contributed by atoms with Crippen LogP contribution in [0.1, 0.15) is 17.4 Å². The van der Waals surface area contributed by atoms with Crippen molar-refractivity contribution in [2.75, 3.05) is 12.0 Å². The lowest BCUT2D eigenvalue weighted by Crippen LogP contribution is -2.26. The number of nitrogens with zero attached hydrogens (tertiary/aromatic N) is 1. The smallest absolute Gasteiger partial charge is 0.228 e. The van der Waals surface area contributed by atoms with Crippen molar-refractivity contribution in [3.63, 3.8) is 0 Å². The third-order valence-electron chi connectivity index (χ3n) is 4.45. The Morgan fingerprint density at radius 1 is 1.11 bits per heavy atom. The fraction of sp³-hybridized carbons (Fsp3) is 0.0870. The normalized spacial score (nSPS) is 11.6. The van der Waals surface area contributed by atoms with E-state index in [1.807, 2.05) is 72.1 Å². The number of rotatable bonds is 5. The minimum absolute atomic E-state index is 0.0590. The van der Waals surface area contributed by atoms with E-state index in [9.17, 15) is 4.79 Å². The van der Waals surface area contributed by atoms with Gasteiger partial charge in [-0.3, -0.25) is 9.69 Å². The number of amides is 1. The Bertz CT molecular complexity index is 1130. The first-order valence-electron chi connectivity index (χ1n) is 8.84. The number of hydrogen-bond donors (Lipinski definition) is 0. The molecule has 0 N–H and O–H groups in total. The zero-order valence-corrected chi connectivity index (χ0v) is 16.4. The van der Waals surface area contributed by atoms with E-state index in [4.69, 9.17) is 9.15 Å². The number of ether oxygens (including phenoxy) is 1. The summed E-state index contributed by atoms with van der Waals surface area (Å²) in [6.45, 7) is 1.57. The highest BCUT2D eigenvalue weighted by atomic mass is 32.1. The molecule has 4 nitrogen and oxygen atoms in total. The Morgan fingerprint density at radius 3 is 2.61 bits per heavy atom. The maximum Gasteiger partial charge on any atom is 0.228 e. The molecule has 2 aromatic carbocycles. The lowest BCUT2D eigenvalue weighted by molar-refractivity contribution is -0.115. The fourth-order valence-electron chi connectivity index (χ4n) is 3.15. The topological polar surface area (TPSA) is 42.7 Å². The molecule has 0 aliphatic carbocycles. The van der Waals surface area contributed by atoms with Gasteiger partial charge in [-0.25, -0.2) is 0 Å². The number of para-hydroxylation sites is 1. The monoisotopic (exact) mass is 389 g/mol. The molecule has 1 amide bonds. The van der Waals surface area contributed by atoms with Crippen molar-refractivity contribution in [3.05, 3.63) is 82.7 Å². The van der Waals surface area contributed by atoms with Crippen LogP contribution >= 0.6 is 11.3 Å². The van der Waals surface area contributed by atoms with Crippen molar-refractivity contribution in [2.24, 2.45) is 0 Å². The number of carbonyl (C=O) groups excluding carboxylic acids is 1. The van der Waals surface area contributed by atoms with Crippen LogP contribution in [0.25, 0.3) is 22.7 Å². The van der Waals surface area contributed by atoms with Gasteiger partial charge in [0, 0.05) is 23.6 Å². The molecule has 0 saturated heterocycles. The standard InChI is InChI=1S/C23H19NO3S/c1-16(25)24(18-7-4-3-5-8-18)21(23-9-6-12-28-23)13-17-15-27-22-11-10-19(26-2)14-20(17)22/h3-15H,1-2H3/b21-13+. The Morgan fingerprint density at radius 2 is 1.93 bits per heavy atom. The second-order valence-corrected chi connectivity index (χ2v) is 7.20. The Labute approximate surface area is 167 Å². The molecule has 2 heterocycles. The first-order chi connectivity index (χ1) is 13.7. The van der Waals surface area contributed by atoms with E-state index in [1.54, 1.807) is 36.5 Å². The zero-order chi connectivity index (χ0) is 19.5. The van der Waals surface area contributed by atoms with E-state index in [-0.39, 0.29) is 5.91 Å². The van der Waals surface area contributed by atoms with E-state index in [0.29, 0.717) is 0 Å². The second-order valence-electron chi connectivity index (χ2n) is 6.25. The van der Waals surface area contributed by atoms with Crippen molar-refractivity contribution in [3.8, 4) is 5.75 Å². The number of thiophene rings is 1. The summed E-state index contributed by atoms with van der Waals surface area (Å²) >= 11 is 1.59. The van der Waals surface area contributed by atoms with Gasteiger partial charge in [0.2, 0.25) is 5.91 Å². The molecule has 0 radical (unpaired) electrons. The van der Waals surface area contributed by atoms with Crippen LogP contribution in [0.4, 0.5) is 5.69 Å². The van der Waals surface area contributed by atoms with E-state index in [2.05, 4.69) is 0 Å². The van der Waals surface area contributed by atoms with E-state index < -0.39 is 0 Å². The average molecular weight is 389 g/mol. The summed E-state index contributed by atoms with van der Waals surface area (Å²) in [5.74, 6) is 0.698. The van der Waals surface area contributed by atoms with Crippen molar-refractivity contribution >= 4 is 45.7 Å². The molecule has 5 heteroatoms. The highest BCUT2D eigenvalue weighted by Gasteiger charge is 2.20. The number of carbonyl (C=O) groups is 1. The summed E-state index contributed by atoms with van der Waals surface area (Å²) in [5, 5.41) is 2.94. The van der Waals surface area contributed by atoms with Crippen molar-refractivity contribution in [1.29, 1.82) is 0 Å². The highest BCUT2D eigenvalue weighted by molar-refractivity contribution is 7.11. The maximum absolute atomic E-state index is 12.6. The SMILES string of the molecule is COc1ccc2occ(/C=C(\c3cccs3)N(C(C)=O)c3ccccc3)c2c1. The number of anilines is 1. The van der Waals surface area contributed by atoms with Crippen LogP contribution in [0.2, 0.25) is 0 Å². The van der Waals surface area contributed by atoms with Gasteiger partial charge in [0.15, 0.2) is 0 Å². The first-order valence-corrected chi connectivity index (χ1v) is 9.72. The molecule has 140 valence electrons. The molecule has 28 heavy (non-hydrogen) atoms. The van der Waals surface area contributed by atoms with Gasteiger partial charge in [0.1, 0.15) is 11.3 Å². The average Bonchev–Trinajstić information content (AvgIpc) is 3.38. The summed E-state index contributed by atoms with van der Waals surface area (Å²) in [4.78, 5) is 15.3. The van der Waals surface area contributed by atoms with Crippen LogP contribution in [-0.2, 0) is 4.79 Å². The van der Waals surface area contributed by atoms with Gasteiger partial charge in [-0.05, 0) is 47.9 Å².